The molecule has 2 aromatic heterocycles. The minimum Gasteiger partial charge on any atom is -0.575 e. The maximum Gasteiger partial charge on any atom is 0.395 e. The molecule has 4 N–H and O–H groups in total. The van der Waals surface area contributed by atoms with Crippen LogP contribution in [0.2, 0.25) is 0 Å². The number of carbonyl (C=O) groups is 1. The van der Waals surface area contributed by atoms with E-state index >= 15 is 0 Å². The van der Waals surface area contributed by atoms with E-state index in [0.29, 0.717) is 5.39 Å². The fraction of sp³-hybridized carbons (Fsp3) is 0.371. The highest BCUT2D eigenvalue weighted by molar-refractivity contribution is 9.10. The lowest BCUT2D eigenvalue weighted by Gasteiger charge is -2.27. The number of ether oxygens (including phenoxy) is 4. The summed E-state index contributed by atoms with van der Waals surface area (Å²) in [5, 5.41) is 24.0. The molecule has 0 bridgehead atoms. The van der Waals surface area contributed by atoms with Crippen molar-refractivity contribution in [3.05, 3.63) is 77.0 Å². The van der Waals surface area contributed by atoms with Crippen molar-refractivity contribution in [2.45, 2.75) is 63.9 Å². The number of hydrogen-bond acceptors (Lipinski definition) is 14. The quantitative estimate of drug-likeness (QED) is 0.113. The smallest absolute Gasteiger partial charge is 0.395 e. The number of benzene rings is 3. The monoisotopic (exact) mass is 796 g/mol. The van der Waals surface area contributed by atoms with Crippen molar-refractivity contribution in [2.24, 2.45) is 10.7 Å². The lowest BCUT2D eigenvalue weighted by atomic mass is 9.96. The molecule has 1 saturated heterocycles. The molecule has 274 valence electrons. The molecule has 52 heavy (non-hydrogen) atoms. The second-order valence-electron chi connectivity index (χ2n) is 12.8. The first-order valence-electron chi connectivity index (χ1n) is 16.3. The molecule has 0 amide bonds. The third kappa shape index (κ3) is 7.54. The zero-order chi connectivity index (χ0) is 37.3. The third-order valence-electron chi connectivity index (χ3n) is 8.75. The number of fused-ring (bicyclic) bond motifs is 2. The van der Waals surface area contributed by atoms with Crippen molar-refractivity contribution >= 4 is 58.0 Å². The minimum absolute atomic E-state index is 0.0787. The summed E-state index contributed by atoms with van der Waals surface area (Å²) in [4.78, 5) is 39.3. The Morgan fingerprint density at radius 2 is 1.88 bits per heavy atom. The first-order chi connectivity index (χ1) is 24.8. The summed E-state index contributed by atoms with van der Waals surface area (Å²) in [5.74, 6) is -0.655. The van der Waals surface area contributed by atoms with Crippen LogP contribution in [0.15, 0.2) is 76.2 Å². The highest BCUT2D eigenvalue weighted by Crippen LogP contribution is 2.43. The van der Waals surface area contributed by atoms with Gasteiger partial charge in [-0.1, -0.05) is 77.0 Å². The summed E-state index contributed by atoms with van der Waals surface area (Å²) in [6, 6.07) is 17.0. The summed E-state index contributed by atoms with van der Waals surface area (Å²) < 4.78 is 35.8. The summed E-state index contributed by atoms with van der Waals surface area (Å²) in [6.45, 7) is 6.46. The summed E-state index contributed by atoms with van der Waals surface area (Å²) in [6.07, 6.45) is -2.81. The largest absolute Gasteiger partial charge is 0.575 e. The number of aliphatic hydroxyl groups is 2. The van der Waals surface area contributed by atoms with E-state index in [1.165, 1.54) is 24.9 Å². The average Bonchev–Trinajstić information content (AvgIpc) is 3.62. The first kappa shape index (κ1) is 37.3. The molecule has 0 spiro atoms. The Bertz CT molecular complexity index is 2110. The summed E-state index contributed by atoms with van der Waals surface area (Å²) >= 11 is 3.40. The summed E-state index contributed by atoms with van der Waals surface area (Å²) in [5.41, 5.74) is 5.35. The molecule has 7 atom stereocenters. The van der Waals surface area contributed by atoms with Gasteiger partial charge in [-0.05, 0) is 48.9 Å². The normalized spacial score (nSPS) is 21.7. The van der Waals surface area contributed by atoms with Crippen LogP contribution in [-0.2, 0) is 14.3 Å². The van der Waals surface area contributed by atoms with E-state index in [-0.39, 0.29) is 47.0 Å². The van der Waals surface area contributed by atoms with Gasteiger partial charge in [-0.2, -0.15) is 9.97 Å². The van der Waals surface area contributed by atoms with Crippen molar-refractivity contribution in [1.82, 2.24) is 19.5 Å². The first-order valence-corrected chi connectivity index (χ1v) is 18.3. The van der Waals surface area contributed by atoms with Crippen molar-refractivity contribution in [2.75, 3.05) is 19.5 Å². The Morgan fingerprint density at radius 1 is 1.15 bits per heavy atom. The van der Waals surface area contributed by atoms with Gasteiger partial charge in [-0.3, -0.25) is 9.09 Å². The maximum absolute atomic E-state index is 13.5. The van der Waals surface area contributed by atoms with Crippen LogP contribution < -0.4 is 24.6 Å². The number of rotatable bonds is 12. The third-order valence-corrected chi connectivity index (χ3v) is 10.1. The number of nitrogens with zero attached hydrogens (tertiary/aromatic N) is 5. The van der Waals surface area contributed by atoms with Gasteiger partial charge in [0.1, 0.15) is 30.5 Å². The molecule has 3 aromatic carbocycles. The van der Waals surface area contributed by atoms with E-state index in [4.69, 9.17) is 29.2 Å². The average molecular weight is 798 g/mol. The Balaban J connectivity index is 1.23. The number of esters is 1. The Labute approximate surface area is 308 Å². The molecule has 17 heteroatoms. The van der Waals surface area contributed by atoms with Crippen LogP contribution in [0.3, 0.4) is 0 Å². The van der Waals surface area contributed by atoms with Crippen LogP contribution in [0, 0.1) is 5.92 Å². The van der Waals surface area contributed by atoms with Gasteiger partial charge in [0, 0.05) is 9.86 Å². The van der Waals surface area contributed by atoms with E-state index in [1.807, 2.05) is 36.4 Å². The van der Waals surface area contributed by atoms with Crippen LogP contribution in [-0.4, -0.2) is 73.3 Å². The molecule has 1 aliphatic heterocycles. The zero-order valence-corrected chi connectivity index (χ0v) is 31.4. The van der Waals surface area contributed by atoms with Gasteiger partial charge in [0.25, 0.3) is 0 Å². The van der Waals surface area contributed by atoms with Crippen LogP contribution in [0.5, 0.6) is 17.4 Å². The molecule has 5 aromatic rings. The van der Waals surface area contributed by atoms with Gasteiger partial charge in [-0.15, -0.1) is 0 Å². The van der Waals surface area contributed by atoms with Crippen LogP contribution in [0.1, 0.15) is 45.6 Å². The molecule has 1 fully saturated rings. The van der Waals surface area contributed by atoms with E-state index in [9.17, 15) is 19.9 Å². The number of aromatic nitrogens is 4. The zero-order valence-electron chi connectivity index (χ0n) is 28.9. The number of hydrogen-bond donors (Lipinski definition) is 3. The fourth-order valence-corrected chi connectivity index (χ4v) is 7.12. The molecule has 2 unspecified atom stereocenters. The molecule has 1 aliphatic rings. The summed E-state index contributed by atoms with van der Waals surface area (Å²) in [7, 11) is -1.40. The number of carbonyl (C=O) groups excluding carboxylic acids is 1. The number of methoxy groups -OCH3 is 1. The predicted molar refractivity (Wildman–Crippen MR) is 194 cm³/mol. The second-order valence-corrected chi connectivity index (χ2v) is 14.6. The van der Waals surface area contributed by atoms with E-state index in [1.54, 1.807) is 45.0 Å². The van der Waals surface area contributed by atoms with Crippen molar-refractivity contribution in [3.63, 3.8) is 0 Å². The molecule has 0 radical (unpaired) electrons. The van der Waals surface area contributed by atoms with Gasteiger partial charge in [-0.25, -0.2) is 9.78 Å². The lowest BCUT2D eigenvalue weighted by molar-refractivity contribution is -0.170. The molecule has 15 nitrogen and oxygen atoms in total. The molecular formula is C35H38BrN6O9P. The standard InChI is InChI=1S/C35H38BrN6O9P/c1-18(2)26(32(44)49-19(3)20-10-13-22(36)14-11-20)41-52(46)51-28-23-9-7-6-8-21(23)12-15-24(28)48-16-25-29(43)35(4,45)33(50-25)42-17-38-27-30(42)39-34(37)40-31(27)47-5/h6-15,17-19,25-26,29,33,43,45H,16H2,1-5H3,(H2,37,39,40)/t19-,25+,26-,29+,33?,35+/m0/s1. The SMILES string of the molecule is COc1nc(N)nc2c1ncn2C1O[C@H](COc2ccc3ccccc3c2O/[P+]([O-])=N/[C@H](C(=O)O[C@@H](C)c2ccc(Br)cc2)C(C)C)[C@@H](O)[C@@]1(C)O. The Morgan fingerprint density at radius 3 is 2.60 bits per heavy atom. The molecule has 3 heterocycles. The second kappa shape index (κ2) is 15.3. The van der Waals surface area contributed by atoms with Gasteiger partial charge in [0.2, 0.25) is 17.6 Å². The molecule has 6 rings (SSSR count). The van der Waals surface area contributed by atoms with Gasteiger partial charge >= 0.3 is 14.1 Å². The topological polar surface area (TPSA) is 209 Å². The highest BCUT2D eigenvalue weighted by Gasteiger charge is 2.54. The minimum atomic E-state index is -2.81. The van der Waals surface area contributed by atoms with E-state index in [0.717, 1.165) is 15.4 Å². The van der Waals surface area contributed by atoms with Crippen LogP contribution >= 0.6 is 24.1 Å². The van der Waals surface area contributed by atoms with Crippen LogP contribution in [0.4, 0.5) is 5.95 Å². The molecule has 0 aliphatic carbocycles. The number of anilines is 1. The fourth-order valence-electron chi connectivity index (χ4n) is 5.90. The lowest BCUT2D eigenvalue weighted by Crippen LogP contribution is -2.44. The van der Waals surface area contributed by atoms with Crippen molar-refractivity contribution in [3.8, 4) is 17.4 Å². The maximum atomic E-state index is 13.5. The number of imidazole rings is 1. The van der Waals surface area contributed by atoms with Crippen molar-refractivity contribution < 1.29 is 43.4 Å². The highest BCUT2D eigenvalue weighted by atomic mass is 79.9. The Hall–Kier alpha value is -4.44. The van der Waals surface area contributed by atoms with Gasteiger partial charge < -0.3 is 39.8 Å². The van der Waals surface area contributed by atoms with Gasteiger partial charge in [0.05, 0.1) is 13.4 Å². The Kier molecular flexibility index (Phi) is 11.0. The number of halogens is 1. The number of aliphatic hydroxyl groups excluding tert-OH is 1. The molecule has 0 saturated carbocycles. The number of nitrogens with two attached hydrogens (primary N) is 1. The van der Waals surface area contributed by atoms with E-state index < -0.39 is 50.3 Å². The number of nitrogen functional groups attached to an aromatic ring is 1. The van der Waals surface area contributed by atoms with Crippen molar-refractivity contribution in [1.29, 1.82) is 0 Å². The predicted octanol–water partition coefficient (Wildman–Crippen LogP) is 4.98. The molecular weight excluding hydrogens is 759 g/mol. The van der Waals surface area contributed by atoms with Gasteiger partial charge in [0.15, 0.2) is 29.2 Å². The van der Waals surface area contributed by atoms with E-state index in [2.05, 4.69) is 35.6 Å². The van der Waals surface area contributed by atoms with Crippen LogP contribution in [0.25, 0.3) is 21.9 Å².